The van der Waals surface area contributed by atoms with E-state index >= 15 is 0 Å². The van der Waals surface area contributed by atoms with Crippen molar-refractivity contribution in [2.45, 2.75) is 44.7 Å². The second-order valence-corrected chi connectivity index (χ2v) is 7.78. The standard InChI is InChI=1S/C23H23F2N3O2/c1-13-2-9-20(23(30)26-13)27-21(29)11-8-17-18-12-16(25)7-10-19(18)28-22(17)14-3-5-15(24)6-4-14/h3-7,10,12-13,20,28H,2,8-9,11H2,1H3,(H,26,30)(H,27,29). The van der Waals surface area contributed by atoms with Crippen LogP contribution < -0.4 is 10.6 Å². The lowest BCUT2D eigenvalue weighted by Crippen LogP contribution is -2.53. The Balaban J connectivity index is 1.56. The van der Waals surface area contributed by atoms with E-state index in [-0.39, 0.29) is 35.9 Å². The zero-order valence-corrected chi connectivity index (χ0v) is 16.6. The molecule has 1 fully saturated rings. The Morgan fingerprint density at radius 1 is 1.10 bits per heavy atom. The number of aryl methyl sites for hydroxylation is 1. The molecule has 2 amide bonds. The highest BCUT2D eigenvalue weighted by Crippen LogP contribution is 2.32. The van der Waals surface area contributed by atoms with Gasteiger partial charge in [0.2, 0.25) is 11.8 Å². The lowest BCUT2D eigenvalue weighted by atomic mass is 9.99. The SMILES string of the molecule is CC1CCC(NC(=O)CCc2c(-c3ccc(F)cc3)[nH]c3ccc(F)cc23)C(=O)N1. The molecule has 3 aromatic rings. The second-order valence-electron chi connectivity index (χ2n) is 7.78. The van der Waals surface area contributed by atoms with Crippen LogP contribution in [0.3, 0.4) is 0 Å². The van der Waals surface area contributed by atoms with Crippen molar-refractivity contribution in [1.82, 2.24) is 15.6 Å². The Labute approximate surface area is 172 Å². The van der Waals surface area contributed by atoms with Gasteiger partial charge in [-0.25, -0.2) is 8.78 Å². The molecule has 1 aliphatic rings. The van der Waals surface area contributed by atoms with Gasteiger partial charge in [0.15, 0.2) is 0 Å². The van der Waals surface area contributed by atoms with E-state index in [2.05, 4.69) is 15.6 Å². The van der Waals surface area contributed by atoms with Crippen LogP contribution in [-0.2, 0) is 16.0 Å². The Hall–Kier alpha value is -3.22. The number of hydrogen-bond acceptors (Lipinski definition) is 2. The summed E-state index contributed by atoms with van der Waals surface area (Å²) in [5.74, 6) is -1.11. The van der Waals surface area contributed by atoms with E-state index in [1.807, 2.05) is 6.92 Å². The van der Waals surface area contributed by atoms with Gasteiger partial charge in [0.1, 0.15) is 17.7 Å². The summed E-state index contributed by atoms with van der Waals surface area (Å²) >= 11 is 0. The number of carbonyl (C=O) groups is 2. The average Bonchev–Trinajstić information content (AvgIpc) is 3.07. The van der Waals surface area contributed by atoms with Crippen LogP contribution >= 0.6 is 0 Å². The Bertz CT molecular complexity index is 1090. The van der Waals surface area contributed by atoms with Gasteiger partial charge in [0.05, 0.1) is 0 Å². The van der Waals surface area contributed by atoms with Crippen molar-refractivity contribution < 1.29 is 18.4 Å². The molecule has 0 aliphatic carbocycles. The van der Waals surface area contributed by atoms with Gasteiger partial charge in [-0.2, -0.15) is 0 Å². The largest absolute Gasteiger partial charge is 0.354 e. The number of hydrogen-bond donors (Lipinski definition) is 3. The van der Waals surface area contributed by atoms with Crippen molar-refractivity contribution in [1.29, 1.82) is 0 Å². The third kappa shape index (κ3) is 4.20. The van der Waals surface area contributed by atoms with E-state index in [1.54, 1.807) is 18.2 Å². The molecule has 7 heteroatoms. The maximum atomic E-state index is 13.9. The first-order chi connectivity index (χ1) is 14.4. The molecule has 156 valence electrons. The van der Waals surface area contributed by atoms with Gasteiger partial charge in [-0.15, -0.1) is 0 Å². The highest BCUT2D eigenvalue weighted by Gasteiger charge is 2.27. The normalized spacial score (nSPS) is 19.0. The quantitative estimate of drug-likeness (QED) is 0.597. The third-order valence-electron chi connectivity index (χ3n) is 5.53. The summed E-state index contributed by atoms with van der Waals surface area (Å²) < 4.78 is 27.2. The summed E-state index contributed by atoms with van der Waals surface area (Å²) in [7, 11) is 0. The van der Waals surface area contributed by atoms with Crippen LogP contribution in [0.5, 0.6) is 0 Å². The van der Waals surface area contributed by atoms with E-state index in [0.29, 0.717) is 18.2 Å². The topological polar surface area (TPSA) is 74.0 Å². The maximum Gasteiger partial charge on any atom is 0.242 e. The second kappa shape index (κ2) is 8.26. The molecule has 4 rings (SSSR count). The first kappa shape index (κ1) is 20.1. The van der Waals surface area contributed by atoms with E-state index in [0.717, 1.165) is 28.8 Å². The number of fused-ring (bicyclic) bond motifs is 1. The number of aromatic nitrogens is 1. The molecular formula is C23H23F2N3O2. The molecule has 1 saturated heterocycles. The summed E-state index contributed by atoms with van der Waals surface area (Å²) in [6.45, 7) is 1.93. The van der Waals surface area contributed by atoms with Crippen molar-refractivity contribution in [2.75, 3.05) is 0 Å². The fourth-order valence-electron chi connectivity index (χ4n) is 3.95. The molecule has 0 saturated carbocycles. The lowest BCUT2D eigenvalue weighted by molar-refractivity contribution is -0.130. The number of aromatic amines is 1. The van der Waals surface area contributed by atoms with E-state index in [4.69, 9.17) is 0 Å². The first-order valence-corrected chi connectivity index (χ1v) is 10.1. The minimum atomic E-state index is -0.523. The van der Waals surface area contributed by atoms with Crippen LogP contribution in [0.4, 0.5) is 8.78 Å². The van der Waals surface area contributed by atoms with Crippen LogP contribution in [0.15, 0.2) is 42.5 Å². The number of H-pyrrole nitrogens is 1. The number of carbonyl (C=O) groups excluding carboxylic acids is 2. The summed E-state index contributed by atoms with van der Waals surface area (Å²) in [5.41, 5.74) is 3.01. The minimum absolute atomic E-state index is 0.116. The van der Waals surface area contributed by atoms with Crippen LogP contribution in [0.2, 0.25) is 0 Å². The molecule has 0 radical (unpaired) electrons. The molecular weight excluding hydrogens is 388 g/mol. The van der Waals surface area contributed by atoms with E-state index in [9.17, 15) is 18.4 Å². The zero-order valence-electron chi connectivity index (χ0n) is 16.6. The van der Waals surface area contributed by atoms with Gasteiger partial charge in [0, 0.05) is 29.1 Å². The van der Waals surface area contributed by atoms with Crippen LogP contribution in [0.1, 0.15) is 31.7 Å². The molecule has 1 aliphatic heterocycles. The summed E-state index contributed by atoms with van der Waals surface area (Å²) in [6.07, 6.45) is 1.93. The van der Waals surface area contributed by atoms with Crippen molar-refractivity contribution in [3.05, 3.63) is 59.7 Å². The maximum absolute atomic E-state index is 13.9. The molecule has 2 atom stereocenters. The summed E-state index contributed by atoms with van der Waals surface area (Å²) in [4.78, 5) is 27.8. The summed E-state index contributed by atoms with van der Waals surface area (Å²) in [6, 6.07) is 10.1. The van der Waals surface area contributed by atoms with Crippen molar-refractivity contribution in [3.63, 3.8) is 0 Å². The molecule has 2 heterocycles. The highest BCUT2D eigenvalue weighted by atomic mass is 19.1. The van der Waals surface area contributed by atoms with Gasteiger partial charge in [-0.05, 0) is 79.8 Å². The predicted octanol–water partition coefficient (Wildman–Crippen LogP) is 3.83. The zero-order chi connectivity index (χ0) is 21.3. The fraction of sp³-hybridized carbons (Fsp3) is 0.304. The van der Waals surface area contributed by atoms with Gasteiger partial charge in [-0.1, -0.05) is 0 Å². The Morgan fingerprint density at radius 2 is 1.83 bits per heavy atom. The van der Waals surface area contributed by atoms with Crippen LogP contribution in [-0.4, -0.2) is 28.9 Å². The van der Waals surface area contributed by atoms with Crippen molar-refractivity contribution in [3.8, 4) is 11.3 Å². The highest BCUT2D eigenvalue weighted by molar-refractivity contribution is 5.92. The van der Waals surface area contributed by atoms with E-state index < -0.39 is 6.04 Å². The number of piperidine rings is 1. The van der Waals surface area contributed by atoms with Crippen molar-refractivity contribution in [2.24, 2.45) is 0 Å². The monoisotopic (exact) mass is 411 g/mol. The molecule has 30 heavy (non-hydrogen) atoms. The third-order valence-corrected chi connectivity index (χ3v) is 5.53. The molecule has 0 spiro atoms. The first-order valence-electron chi connectivity index (χ1n) is 10.1. The van der Waals surface area contributed by atoms with Crippen LogP contribution in [0, 0.1) is 11.6 Å². The molecule has 5 nitrogen and oxygen atoms in total. The van der Waals surface area contributed by atoms with E-state index in [1.165, 1.54) is 24.3 Å². The van der Waals surface area contributed by atoms with Gasteiger partial charge in [-0.3, -0.25) is 9.59 Å². The predicted molar refractivity (Wildman–Crippen MR) is 111 cm³/mol. The molecule has 0 bridgehead atoms. The Kier molecular flexibility index (Phi) is 5.53. The fourth-order valence-corrected chi connectivity index (χ4v) is 3.95. The minimum Gasteiger partial charge on any atom is -0.354 e. The number of amides is 2. The van der Waals surface area contributed by atoms with Crippen LogP contribution in [0.25, 0.3) is 22.2 Å². The lowest BCUT2D eigenvalue weighted by Gasteiger charge is -2.27. The summed E-state index contributed by atoms with van der Waals surface area (Å²) in [5, 5.41) is 6.32. The van der Waals surface area contributed by atoms with Gasteiger partial charge in [0.25, 0.3) is 0 Å². The Morgan fingerprint density at radius 3 is 2.57 bits per heavy atom. The number of rotatable bonds is 5. The van der Waals surface area contributed by atoms with Gasteiger partial charge >= 0.3 is 0 Å². The van der Waals surface area contributed by atoms with Gasteiger partial charge < -0.3 is 15.6 Å². The van der Waals surface area contributed by atoms with Crippen molar-refractivity contribution >= 4 is 22.7 Å². The number of halogens is 2. The molecule has 2 aromatic carbocycles. The smallest absolute Gasteiger partial charge is 0.242 e. The number of nitrogens with one attached hydrogen (secondary N) is 3. The molecule has 1 aromatic heterocycles. The average molecular weight is 411 g/mol. The molecule has 3 N–H and O–H groups in total. The number of benzene rings is 2. The molecule has 2 unspecified atom stereocenters.